The van der Waals surface area contributed by atoms with Crippen LogP contribution in [-0.2, 0) is 13.2 Å². The Bertz CT molecular complexity index is 1030. The molecule has 0 heterocycles. The quantitative estimate of drug-likeness (QED) is 0.409. The summed E-state index contributed by atoms with van der Waals surface area (Å²) in [5, 5.41) is 14.5. The first kappa shape index (κ1) is 19.8. The molecular formula is C22H17Cl2N3O. The Morgan fingerprint density at radius 1 is 1.04 bits per heavy atom. The van der Waals surface area contributed by atoms with Crippen LogP contribution in [0.5, 0.6) is 5.75 Å². The van der Waals surface area contributed by atoms with E-state index < -0.39 is 0 Å². The van der Waals surface area contributed by atoms with Crippen LogP contribution in [0.15, 0.2) is 71.8 Å². The standard InChI is InChI=1S/C22H17Cl2N3O/c23-20-8-9-22(28-15-17-5-3-4-16(10-17)12-25)19(11-20)14-27-26-13-18-6-1-2-7-21(18)24/h1-11,14,26H,13,15H2/b27-14-. The van der Waals surface area contributed by atoms with E-state index >= 15 is 0 Å². The summed E-state index contributed by atoms with van der Waals surface area (Å²) >= 11 is 12.2. The fourth-order valence-electron chi connectivity index (χ4n) is 2.53. The summed E-state index contributed by atoms with van der Waals surface area (Å²) in [6, 6.07) is 22.4. The maximum Gasteiger partial charge on any atom is 0.128 e. The summed E-state index contributed by atoms with van der Waals surface area (Å²) in [6.07, 6.45) is 1.66. The van der Waals surface area contributed by atoms with Gasteiger partial charge in [0.05, 0.1) is 24.4 Å². The zero-order valence-electron chi connectivity index (χ0n) is 14.9. The van der Waals surface area contributed by atoms with Crippen LogP contribution in [0.1, 0.15) is 22.3 Å². The highest BCUT2D eigenvalue weighted by molar-refractivity contribution is 6.31. The van der Waals surface area contributed by atoms with Gasteiger partial charge in [-0.25, -0.2) is 0 Å². The topological polar surface area (TPSA) is 57.4 Å². The molecule has 3 aromatic rings. The van der Waals surface area contributed by atoms with Crippen molar-refractivity contribution in [2.45, 2.75) is 13.2 Å². The molecule has 0 spiro atoms. The summed E-state index contributed by atoms with van der Waals surface area (Å²) in [7, 11) is 0. The zero-order valence-corrected chi connectivity index (χ0v) is 16.4. The molecule has 0 radical (unpaired) electrons. The highest BCUT2D eigenvalue weighted by atomic mass is 35.5. The Morgan fingerprint density at radius 3 is 2.71 bits per heavy atom. The van der Waals surface area contributed by atoms with Crippen LogP contribution in [0.25, 0.3) is 0 Å². The van der Waals surface area contributed by atoms with Crippen molar-refractivity contribution < 1.29 is 4.74 Å². The summed E-state index contributed by atoms with van der Waals surface area (Å²) < 4.78 is 5.90. The molecule has 1 N–H and O–H groups in total. The van der Waals surface area contributed by atoms with Crippen LogP contribution >= 0.6 is 23.2 Å². The highest BCUT2D eigenvalue weighted by Gasteiger charge is 2.05. The molecule has 4 nitrogen and oxygen atoms in total. The van der Waals surface area contributed by atoms with Crippen LogP contribution in [-0.4, -0.2) is 6.21 Å². The van der Waals surface area contributed by atoms with Crippen molar-refractivity contribution >= 4 is 29.4 Å². The second-order valence-corrected chi connectivity index (χ2v) is 6.81. The molecule has 0 fully saturated rings. The van der Waals surface area contributed by atoms with Gasteiger partial charge in [0.1, 0.15) is 12.4 Å². The van der Waals surface area contributed by atoms with Gasteiger partial charge in [-0.05, 0) is 47.5 Å². The van der Waals surface area contributed by atoms with Crippen molar-refractivity contribution in [1.82, 2.24) is 5.43 Å². The third kappa shape index (κ3) is 5.50. The Balaban J connectivity index is 1.66. The van der Waals surface area contributed by atoms with Crippen molar-refractivity contribution in [3.05, 3.63) is 99.0 Å². The summed E-state index contributed by atoms with van der Waals surface area (Å²) in [6.45, 7) is 0.846. The van der Waals surface area contributed by atoms with Gasteiger partial charge >= 0.3 is 0 Å². The van der Waals surface area contributed by atoms with E-state index in [0.29, 0.717) is 34.5 Å². The molecule has 0 atom stereocenters. The Hall–Kier alpha value is -3.00. The maximum absolute atomic E-state index is 9.00. The lowest BCUT2D eigenvalue weighted by Crippen LogP contribution is -2.06. The number of rotatable bonds is 7. The summed E-state index contributed by atoms with van der Waals surface area (Å²) in [5.74, 6) is 0.648. The summed E-state index contributed by atoms with van der Waals surface area (Å²) in [5.41, 5.74) is 6.19. The first-order valence-electron chi connectivity index (χ1n) is 8.56. The van der Waals surface area contributed by atoms with Gasteiger partial charge in [-0.15, -0.1) is 0 Å². The van der Waals surface area contributed by atoms with Gasteiger partial charge in [0, 0.05) is 15.6 Å². The molecule has 0 bridgehead atoms. The van der Waals surface area contributed by atoms with E-state index in [2.05, 4.69) is 16.6 Å². The molecule has 0 unspecified atom stereocenters. The van der Waals surface area contributed by atoms with E-state index in [9.17, 15) is 0 Å². The van der Waals surface area contributed by atoms with Crippen molar-refractivity contribution in [2.24, 2.45) is 5.10 Å². The van der Waals surface area contributed by atoms with Crippen LogP contribution in [0.3, 0.4) is 0 Å². The SMILES string of the molecule is N#Cc1cccc(COc2ccc(Cl)cc2/C=N\NCc2ccccc2Cl)c1. The van der Waals surface area contributed by atoms with Crippen LogP contribution in [0.2, 0.25) is 10.0 Å². The number of benzene rings is 3. The van der Waals surface area contributed by atoms with Gasteiger partial charge < -0.3 is 10.2 Å². The lowest BCUT2D eigenvalue weighted by molar-refractivity contribution is 0.306. The molecule has 140 valence electrons. The van der Waals surface area contributed by atoms with Gasteiger partial charge in [0.15, 0.2) is 0 Å². The molecular weight excluding hydrogens is 393 g/mol. The average molecular weight is 410 g/mol. The van der Waals surface area contributed by atoms with Crippen LogP contribution in [0, 0.1) is 11.3 Å². The fraction of sp³-hybridized carbons (Fsp3) is 0.0909. The lowest BCUT2D eigenvalue weighted by atomic mass is 10.1. The zero-order chi connectivity index (χ0) is 19.8. The Labute approximate surface area is 174 Å². The normalized spacial score (nSPS) is 10.6. The maximum atomic E-state index is 9.00. The molecule has 0 saturated carbocycles. The van der Waals surface area contributed by atoms with Gasteiger partial charge in [0.2, 0.25) is 0 Å². The number of nitrogens with zero attached hydrogens (tertiary/aromatic N) is 2. The van der Waals surface area contributed by atoms with Crippen molar-refractivity contribution in [1.29, 1.82) is 5.26 Å². The van der Waals surface area contributed by atoms with Crippen molar-refractivity contribution in [3.8, 4) is 11.8 Å². The van der Waals surface area contributed by atoms with E-state index in [-0.39, 0.29) is 0 Å². The van der Waals surface area contributed by atoms with E-state index in [0.717, 1.165) is 16.7 Å². The molecule has 0 aliphatic rings. The first-order valence-corrected chi connectivity index (χ1v) is 9.32. The van der Waals surface area contributed by atoms with Gasteiger partial charge in [-0.1, -0.05) is 53.5 Å². The van der Waals surface area contributed by atoms with Crippen LogP contribution < -0.4 is 10.2 Å². The number of hydrogen-bond donors (Lipinski definition) is 1. The van der Waals surface area contributed by atoms with E-state index in [1.165, 1.54) is 0 Å². The predicted molar refractivity (Wildman–Crippen MR) is 113 cm³/mol. The molecule has 3 rings (SSSR count). The largest absolute Gasteiger partial charge is 0.488 e. The Kier molecular flexibility index (Phi) is 6.91. The van der Waals surface area contributed by atoms with Gasteiger partial charge in [-0.2, -0.15) is 10.4 Å². The number of hydrogen-bond acceptors (Lipinski definition) is 4. The molecule has 0 aromatic heterocycles. The highest BCUT2D eigenvalue weighted by Crippen LogP contribution is 2.23. The minimum Gasteiger partial charge on any atom is -0.488 e. The number of ether oxygens (including phenoxy) is 1. The number of nitrogens with one attached hydrogen (secondary N) is 1. The van der Waals surface area contributed by atoms with Gasteiger partial charge in [0.25, 0.3) is 0 Å². The van der Waals surface area contributed by atoms with Crippen LogP contribution in [0.4, 0.5) is 0 Å². The molecule has 3 aromatic carbocycles. The summed E-state index contributed by atoms with van der Waals surface area (Å²) in [4.78, 5) is 0. The minimum atomic E-state index is 0.338. The second-order valence-electron chi connectivity index (χ2n) is 5.97. The van der Waals surface area contributed by atoms with Crippen molar-refractivity contribution in [2.75, 3.05) is 0 Å². The molecule has 0 amide bonds. The fourth-order valence-corrected chi connectivity index (χ4v) is 2.91. The molecule has 28 heavy (non-hydrogen) atoms. The monoisotopic (exact) mass is 409 g/mol. The van der Waals surface area contributed by atoms with E-state index in [4.69, 9.17) is 33.2 Å². The second kappa shape index (κ2) is 9.80. The minimum absolute atomic E-state index is 0.338. The predicted octanol–water partition coefficient (Wildman–Crippen LogP) is 5.57. The molecule has 6 heteroatoms. The number of hydrazone groups is 1. The van der Waals surface area contributed by atoms with Crippen molar-refractivity contribution in [3.63, 3.8) is 0 Å². The average Bonchev–Trinajstić information content (AvgIpc) is 2.72. The smallest absolute Gasteiger partial charge is 0.128 e. The lowest BCUT2D eigenvalue weighted by Gasteiger charge is -2.10. The molecule has 0 aliphatic carbocycles. The molecule has 0 saturated heterocycles. The first-order chi connectivity index (χ1) is 13.7. The molecule has 0 aliphatic heterocycles. The third-order valence-corrected chi connectivity index (χ3v) is 4.55. The Morgan fingerprint density at radius 2 is 1.89 bits per heavy atom. The number of halogens is 2. The van der Waals surface area contributed by atoms with E-state index in [1.807, 2.05) is 36.4 Å². The van der Waals surface area contributed by atoms with Gasteiger partial charge in [-0.3, -0.25) is 0 Å². The number of nitriles is 1. The third-order valence-electron chi connectivity index (χ3n) is 3.94. The van der Waals surface area contributed by atoms with E-state index in [1.54, 1.807) is 36.5 Å².